The Balaban J connectivity index is 1.38. The number of nitrogens with zero attached hydrogens (tertiary/aromatic N) is 6. The van der Waals surface area contributed by atoms with Gasteiger partial charge in [-0.25, -0.2) is 13.5 Å². The van der Waals surface area contributed by atoms with Crippen LogP contribution in [-0.2, 0) is 6.54 Å². The number of nitrogens with one attached hydrogen (secondary N) is 1. The highest BCUT2D eigenvalue weighted by atomic mass is 19.1. The van der Waals surface area contributed by atoms with Gasteiger partial charge in [-0.3, -0.25) is 9.69 Å². The fourth-order valence-corrected chi connectivity index (χ4v) is 5.28. The number of piperazine rings is 1. The third-order valence-corrected chi connectivity index (χ3v) is 7.33. The van der Waals surface area contributed by atoms with Gasteiger partial charge in [-0.2, -0.15) is 0 Å². The molecule has 0 bridgehead atoms. The molecule has 0 saturated carbocycles. The van der Waals surface area contributed by atoms with Crippen LogP contribution in [0, 0.1) is 18.6 Å². The van der Waals surface area contributed by atoms with Crippen LogP contribution in [0.1, 0.15) is 28.6 Å². The van der Waals surface area contributed by atoms with Gasteiger partial charge in [0.25, 0.3) is 5.56 Å². The molecule has 198 valence electrons. The molecule has 1 saturated heterocycles. The highest BCUT2D eigenvalue weighted by molar-refractivity contribution is 5.82. The van der Waals surface area contributed by atoms with Gasteiger partial charge in [0.2, 0.25) is 0 Å². The third kappa shape index (κ3) is 5.03. The molecule has 3 aromatic carbocycles. The van der Waals surface area contributed by atoms with Crippen LogP contribution in [0.3, 0.4) is 0 Å². The monoisotopic (exact) mass is 527 g/mol. The van der Waals surface area contributed by atoms with Gasteiger partial charge in [0.1, 0.15) is 17.7 Å². The smallest absolute Gasteiger partial charge is 0.253 e. The molecule has 1 aliphatic heterocycles. The van der Waals surface area contributed by atoms with Gasteiger partial charge in [0, 0.05) is 37.4 Å². The second-order valence-electron chi connectivity index (χ2n) is 9.82. The van der Waals surface area contributed by atoms with Crippen LogP contribution in [0.25, 0.3) is 10.9 Å². The molecule has 1 N–H and O–H groups in total. The molecule has 6 rings (SSSR count). The number of tetrazole rings is 1. The highest BCUT2D eigenvalue weighted by Crippen LogP contribution is 2.29. The maximum Gasteiger partial charge on any atom is 0.253 e. The predicted molar refractivity (Wildman–Crippen MR) is 145 cm³/mol. The number of aromatic amines is 1. The normalized spacial score (nSPS) is 15.1. The summed E-state index contributed by atoms with van der Waals surface area (Å²) in [6, 6.07) is 20.0. The Morgan fingerprint density at radius 3 is 2.33 bits per heavy atom. The number of rotatable bonds is 6. The van der Waals surface area contributed by atoms with Crippen molar-refractivity contribution >= 4 is 16.6 Å². The van der Waals surface area contributed by atoms with Crippen LogP contribution in [0.5, 0.6) is 0 Å². The van der Waals surface area contributed by atoms with E-state index >= 15 is 0 Å². The van der Waals surface area contributed by atoms with Gasteiger partial charge >= 0.3 is 0 Å². The lowest BCUT2D eigenvalue weighted by Crippen LogP contribution is -2.49. The van der Waals surface area contributed by atoms with Crippen molar-refractivity contribution in [1.29, 1.82) is 0 Å². The summed E-state index contributed by atoms with van der Waals surface area (Å²) in [5.74, 6) is -0.0474. The Morgan fingerprint density at radius 1 is 0.923 bits per heavy atom. The van der Waals surface area contributed by atoms with Crippen LogP contribution in [-0.4, -0.2) is 56.3 Å². The minimum Gasteiger partial charge on any atom is -0.369 e. The number of pyridine rings is 1. The van der Waals surface area contributed by atoms with Gasteiger partial charge in [-0.05, 0) is 76.3 Å². The zero-order valence-electron chi connectivity index (χ0n) is 21.4. The molecule has 0 unspecified atom stereocenters. The van der Waals surface area contributed by atoms with E-state index in [9.17, 15) is 13.6 Å². The van der Waals surface area contributed by atoms with Gasteiger partial charge < -0.3 is 9.88 Å². The standard InChI is InChI=1S/C29H27F2N7O/c1-19-3-2-4-21-17-25(29(39)32-26(19)21)27(28-33-34-35-38(28)18-20-5-7-22(30)8-6-20)37-15-13-36(14-16-37)24-11-9-23(31)10-12-24/h2-12,17,27H,13-16,18H2,1H3,(H,32,39)/t27-/m0/s1. The molecule has 8 nitrogen and oxygen atoms in total. The second kappa shape index (κ2) is 10.4. The van der Waals surface area contributed by atoms with Crippen molar-refractivity contribution in [3.8, 4) is 0 Å². The Hall–Kier alpha value is -4.44. The molecule has 5 aromatic rings. The van der Waals surface area contributed by atoms with Crippen molar-refractivity contribution in [2.75, 3.05) is 31.1 Å². The fraction of sp³-hybridized carbons (Fsp3) is 0.241. The Kier molecular flexibility index (Phi) is 6.62. The van der Waals surface area contributed by atoms with Crippen molar-refractivity contribution in [3.63, 3.8) is 0 Å². The minimum absolute atomic E-state index is 0.195. The summed E-state index contributed by atoms with van der Waals surface area (Å²) in [5.41, 5.74) is 3.94. The zero-order chi connectivity index (χ0) is 26.9. The first kappa shape index (κ1) is 24.9. The Labute approximate surface area is 223 Å². The van der Waals surface area contributed by atoms with Gasteiger partial charge in [-0.15, -0.1) is 5.10 Å². The Bertz CT molecular complexity index is 1660. The average molecular weight is 528 g/mol. The average Bonchev–Trinajstić information content (AvgIpc) is 3.39. The first-order valence-electron chi connectivity index (χ1n) is 12.8. The molecule has 1 atom stereocenters. The third-order valence-electron chi connectivity index (χ3n) is 7.33. The quantitative estimate of drug-likeness (QED) is 0.359. The number of H-pyrrole nitrogens is 1. The topological polar surface area (TPSA) is 82.9 Å². The van der Waals surface area contributed by atoms with Crippen LogP contribution in [0.4, 0.5) is 14.5 Å². The fourth-order valence-electron chi connectivity index (χ4n) is 5.28. The van der Waals surface area contributed by atoms with Gasteiger partial charge in [-0.1, -0.05) is 30.3 Å². The summed E-state index contributed by atoms with van der Waals surface area (Å²) in [6.45, 7) is 4.94. The maximum absolute atomic E-state index is 13.5. The van der Waals surface area contributed by atoms with Crippen LogP contribution in [0.2, 0.25) is 0 Å². The Morgan fingerprint density at radius 2 is 1.62 bits per heavy atom. The number of halogens is 2. The number of aryl methyl sites for hydroxylation is 1. The second-order valence-corrected chi connectivity index (χ2v) is 9.82. The summed E-state index contributed by atoms with van der Waals surface area (Å²) in [4.78, 5) is 21.0. The van der Waals surface area contributed by atoms with Crippen LogP contribution < -0.4 is 10.5 Å². The molecule has 10 heteroatoms. The van der Waals surface area contributed by atoms with E-state index in [0.29, 0.717) is 44.1 Å². The molecule has 1 fully saturated rings. The summed E-state index contributed by atoms with van der Waals surface area (Å²) >= 11 is 0. The van der Waals surface area contributed by atoms with E-state index in [0.717, 1.165) is 27.7 Å². The van der Waals surface area contributed by atoms with E-state index < -0.39 is 6.04 Å². The molecular formula is C29H27F2N7O. The number of anilines is 1. The lowest BCUT2D eigenvalue weighted by Gasteiger charge is -2.39. The van der Waals surface area contributed by atoms with Gasteiger partial charge in [0.15, 0.2) is 5.82 Å². The first-order valence-corrected chi connectivity index (χ1v) is 12.8. The SMILES string of the molecule is Cc1cccc2cc([C@@H](c3nnnn3Cc3ccc(F)cc3)N3CCN(c4ccc(F)cc4)CC3)c(=O)[nH]c12. The predicted octanol–water partition coefficient (Wildman–Crippen LogP) is 4.06. The number of hydrogen-bond donors (Lipinski definition) is 1. The lowest BCUT2D eigenvalue weighted by atomic mass is 10.0. The molecule has 39 heavy (non-hydrogen) atoms. The molecule has 0 aliphatic carbocycles. The van der Waals surface area contributed by atoms with Crippen molar-refractivity contribution in [2.45, 2.75) is 19.5 Å². The van der Waals surface area contributed by atoms with E-state index in [1.165, 1.54) is 24.3 Å². The molecule has 2 aromatic heterocycles. The van der Waals surface area contributed by atoms with E-state index in [4.69, 9.17) is 0 Å². The first-order chi connectivity index (χ1) is 19.0. The van der Waals surface area contributed by atoms with E-state index in [-0.39, 0.29) is 17.2 Å². The summed E-state index contributed by atoms with van der Waals surface area (Å²) < 4.78 is 28.6. The van der Waals surface area contributed by atoms with E-state index in [1.54, 1.807) is 28.9 Å². The number of fused-ring (bicyclic) bond motifs is 1. The zero-order valence-corrected chi connectivity index (χ0v) is 21.4. The number of benzene rings is 3. The molecular weight excluding hydrogens is 500 g/mol. The van der Waals surface area contributed by atoms with E-state index in [2.05, 4.69) is 30.3 Å². The largest absolute Gasteiger partial charge is 0.369 e. The summed E-state index contributed by atoms with van der Waals surface area (Å²) in [5, 5.41) is 13.5. The maximum atomic E-state index is 13.5. The number of para-hydroxylation sites is 1. The van der Waals surface area contributed by atoms with Crippen molar-refractivity contribution < 1.29 is 8.78 Å². The summed E-state index contributed by atoms with van der Waals surface area (Å²) in [6.07, 6.45) is 0. The van der Waals surface area contributed by atoms with Crippen LogP contribution in [0.15, 0.2) is 77.6 Å². The minimum atomic E-state index is -0.510. The van der Waals surface area contributed by atoms with Crippen LogP contribution >= 0.6 is 0 Å². The van der Waals surface area contributed by atoms with Crippen molar-refractivity contribution in [3.05, 3.63) is 117 Å². The van der Waals surface area contributed by atoms with Crippen molar-refractivity contribution in [2.24, 2.45) is 0 Å². The summed E-state index contributed by atoms with van der Waals surface area (Å²) in [7, 11) is 0. The molecule has 0 amide bonds. The molecule has 0 spiro atoms. The highest BCUT2D eigenvalue weighted by Gasteiger charge is 2.33. The molecule has 3 heterocycles. The van der Waals surface area contributed by atoms with E-state index in [1.807, 2.05) is 31.2 Å². The molecule has 1 aliphatic rings. The van der Waals surface area contributed by atoms with Gasteiger partial charge in [0.05, 0.1) is 12.1 Å². The number of hydrogen-bond acceptors (Lipinski definition) is 6. The lowest BCUT2D eigenvalue weighted by molar-refractivity contribution is 0.200. The number of aromatic nitrogens is 5. The molecule has 0 radical (unpaired) electrons. The van der Waals surface area contributed by atoms with Crippen molar-refractivity contribution in [1.82, 2.24) is 30.1 Å².